The Morgan fingerprint density at radius 1 is 1.47 bits per heavy atom. The molecule has 0 saturated heterocycles. The molecule has 0 aliphatic heterocycles. The maximum absolute atomic E-state index is 14.0. The van der Waals surface area contributed by atoms with Crippen molar-refractivity contribution in [2.24, 2.45) is 0 Å². The van der Waals surface area contributed by atoms with Gasteiger partial charge >= 0.3 is 0 Å². The summed E-state index contributed by atoms with van der Waals surface area (Å²) in [4.78, 5) is 5.85. The Bertz CT molecular complexity index is 607. The topological polar surface area (TPSA) is 24.9 Å². The fraction of sp³-hybridized carbons (Fsp3) is 0.357. The van der Waals surface area contributed by atoms with E-state index >= 15 is 0 Å². The number of nitrogens with zero attached hydrogens (tertiary/aromatic N) is 1. The van der Waals surface area contributed by atoms with Gasteiger partial charge in [-0.2, -0.15) is 0 Å². The van der Waals surface area contributed by atoms with Gasteiger partial charge in [0.15, 0.2) is 5.82 Å². The number of rotatable bonds is 4. The van der Waals surface area contributed by atoms with Gasteiger partial charge in [-0.1, -0.05) is 17.7 Å². The summed E-state index contributed by atoms with van der Waals surface area (Å²) in [6.45, 7) is 0.783. The molecule has 3 rings (SSSR count). The van der Waals surface area contributed by atoms with Gasteiger partial charge in [-0.25, -0.2) is 9.37 Å². The molecule has 1 aromatic carbocycles. The lowest BCUT2D eigenvalue weighted by atomic mass is 10.2. The molecule has 100 valence electrons. The Kier molecular flexibility index (Phi) is 3.56. The van der Waals surface area contributed by atoms with Crippen molar-refractivity contribution in [3.63, 3.8) is 0 Å². The van der Waals surface area contributed by atoms with Crippen LogP contribution in [0.3, 0.4) is 0 Å². The van der Waals surface area contributed by atoms with Crippen molar-refractivity contribution in [2.45, 2.75) is 25.3 Å². The van der Waals surface area contributed by atoms with Crippen LogP contribution in [0.1, 0.15) is 29.3 Å². The molecule has 1 N–H and O–H groups in total. The average molecular weight is 297 g/mol. The summed E-state index contributed by atoms with van der Waals surface area (Å²) in [5.41, 5.74) is 1.63. The highest BCUT2D eigenvalue weighted by Gasteiger charge is 2.30. The van der Waals surface area contributed by atoms with Gasteiger partial charge in [0.25, 0.3) is 0 Å². The van der Waals surface area contributed by atoms with Crippen molar-refractivity contribution in [1.29, 1.82) is 0 Å². The molecule has 1 aromatic heterocycles. The van der Waals surface area contributed by atoms with Gasteiger partial charge in [0.05, 0.1) is 10.7 Å². The van der Waals surface area contributed by atoms with Gasteiger partial charge in [0, 0.05) is 22.9 Å². The van der Waals surface area contributed by atoms with Gasteiger partial charge in [0.2, 0.25) is 0 Å². The molecule has 1 fully saturated rings. The smallest absolute Gasteiger partial charge is 0.152 e. The predicted molar refractivity (Wildman–Crippen MR) is 77.3 cm³/mol. The van der Waals surface area contributed by atoms with Crippen LogP contribution < -0.4 is 5.32 Å². The average Bonchev–Trinajstić information content (AvgIpc) is 3.15. The van der Waals surface area contributed by atoms with Crippen LogP contribution in [0.15, 0.2) is 18.2 Å². The summed E-state index contributed by atoms with van der Waals surface area (Å²) in [5, 5.41) is 4.03. The zero-order valence-electron chi connectivity index (χ0n) is 10.5. The molecule has 0 atom stereocenters. The van der Waals surface area contributed by atoms with E-state index in [2.05, 4.69) is 10.3 Å². The van der Waals surface area contributed by atoms with Gasteiger partial charge in [0.1, 0.15) is 5.01 Å². The van der Waals surface area contributed by atoms with Crippen LogP contribution in [-0.2, 0) is 6.54 Å². The van der Waals surface area contributed by atoms with Gasteiger partial charge in [-0.05, 0) is 32.0 Å². The zero-order valence-corrected chi connectivity index (χ0v) is 12.1. The highest BCUT2D eigenvalue weighted by molar-refractivity contribution is 7.15. The number of halogens is 2. The molecule has 19 heavy (non-hydrogen) atoms. The normalized spacial score (nSPS) is 14.9. The third-order valence-electron chi connectivity index (χ3n) is 3.21. The highest BCUT2D eigenvalue weighted by Crippen LogP contribution is 2.44. The summed E-state index contributed by atoms with van der Waals surface area (Å²) in [6.07, 6.45) is 2.38. The van der Waals surface area contributed by atoms with Crippen molar-refractivity contribution in [1.82, 2.24) is 10.3 Å². The summed E-state index contributed by atoms with van der Waals surface area (Å²) >= 11 is 7.39. The van der Waals surface area contributed by atoms with E-state index in [-0.39, 0.29) is 10.8 Å². The molecule has 0 amide bonds. The molecule has 2 nitrogen and oxygen atoms in total. The second-order valence-electron chi connectivity index (χ2n) is 4.73. The van der Waals surface area contributed by atoms with Crippen LogP contribution >= 0.6 is 22.9 Å². The number of hydrogen-bond donors (Lipinski definition) is 1. The lowest BCUT2D eigenvalue weighted by molar-refractivity contribution is 0.631. The van der Waals surface area contributed by atoms with E-state index < -0.39 is 0 Å². The summed E-state index contributed by atoms with van der Waals surface area (Å²) < 4.78 is 14.0. The summed E-state index contributed by atoms with van der Waals surface area (Å²) in [7, 11) is 1.91. The number of aromatic nitrogens is 1. The molecule has 0 spiro atoms. The number of benzene rings is 1. The predicted octanol–water partition coefficient (Wildman–Crippen LogP) is 4.20. The molecule has 1 aliphatic carbocycles. The summed E-state index contributed by atoms with van der Waals surface area (Å²) in [6, 6.07) is 5.06. The van der Waals surface area contributed by atoms with Crippen LogP contribution in [-0.4, -0.2) is 12.0 Å². The van der Waals surface area contributed by atoms with E-state index in [4.69, 9.17) is 11.6 Å². The third-order valence-corrected chi connectivity index (χ3v) is 4.61. The lowest BCUT2D eigenvalue weighted by Crippen LogP contribution is -2.05. The van der Waals surface area contributed by atoms with Crippen molar-refractivity contribution in [3.05, 3.63) is 39.6 Å². The Hall–Kier alpha value is -0.970. The fourth-order valence-electron chi connectivity index (χ4n) is 2.11. The Labute approximate surface area is 120 Å². The minimum atomic E-state index is -0.378. The molecule has 5 heteroatoms. The summed E-state index contributed by atoms with van der Waals surface area (Å²) in [5.74, 6) is 0.187. The van der Waals surface area contributed by atoms with E-state index in [9.17, 15) is 4.39 Å². The second-order valence-corrected chi connectivity index (χ2v) is 6.22. The van der Waals surface area contributed by atoms with E-state index in [1.165, 1.54) is 17.7 Å². The van der Waals surface area contributed by atoms with Crippen LogP contribution in [0, 0.1) is 5.82 Å². The first-order chi connectivity index (χ1) is 9.20. The van der Waals surface area contributed by atoms with E-state index in [0.29, 0.717) is 11.5 Å². The van der Waals surface area contributed by atoms with Crippen LogP contribution in [0.5, 0.6) is 0 Å². The van der Waals surface area contributed by atoms with E-state index in [1.54, 1.807) is 29.5 Å². The Morgan fingerprint density at radius 3 is 2.95 bits per heavy atom. The molecular formula is C14H14ClFN2S. The molecule has 0 radical (unpaired) electrons. The fourth-order valence-corrected chi connectivity index (χ4v) is 3.46. The number of hydrogen-bond acceptors (Lipinski definition) is 3. The maximum atomic E-state index is 14.0. The van der Waals surface area contributed by atoms with Crippen molar-refractivity contribution in [3.8, 4) is 10.6 Å². The Morgan fingerprint density at radius 2 is 2.26 bits per heavy atom. The van der Waals surface area contributed by atoms with Crippen molar-refractivity contribution in [2.75, 3.05) is 7.05 Å². The third kappa shape index (κ3) is 2.53. The van der Waals surface area contributed by atoms with Gasteiger partial charge in [-0.3, -0.25) is 0 Å². The zero-order chi connectivity index (χ0) is 13.4. The molecule has 2 aromatic rings. The highest BCUT2D eigenvalue weighted by atomic mass is 35.5. The van der Waals surface area contributed by atoms with Gasteiger partial charge < -0.3 is 5.32 Å². The van der Waals surface area contributed by atoms with E-state index in [0.717, 1.165) is 17.2 Å². The number of thiazole rings is 1. The molecule has 0 bridgehead atoms. The quantitative estimate of drug-likeness (QED) is 0.914. The van der Waals surface area contributed by atoms with Crippen molar-refractivity contribution >= 4 is 22.9 Å². The van der Waals surface area contributed by atoms with Crippen LogP contribution in [0.25, 0.3) is 10.6 Å². The second kappa shape index (κ2) is 5.19. The van der Waals surface area contributed by atoms with Gasteiger partial charge in [-0.15, -0.1) is 11.3 Å². The van der Waals surface area contributed by atoms with E-state index in [1.807, 2.05) is 7.05 Å². The lowest BCUT2D eigenvalue weighted by Gasteiger charge is -2.00. The first-order valence-electron chi connectivity index (χ1n) is 6.29. The molecule has 1 aliphatic rings. The largest absolute Gasteiger partial charge is 0.315 e. The molecule has 1 saturated carbocycles. The molecule has 0 unspecified atom stereocenters. The van der Waals surface area contributed by atoms with Crippen molar-refractivity contribution < 1.29 is 4.39 Å². The standard InChI is InChI=1S/C14H14ClFN2S/c1-17-7-11-13(8-5-6-8)18-14(19-11)9-3-2-4-10(15)12(9)16/h2-4,8,17H,5-7H2,1H3. The minimum Gasteiger partial charge on any atom is -0.315 e. The maximum Gasteiger partial charge on any atom is 0.152 e. The number of nitrogens with one attached hydrogen (secondary N) is 1. The first kappa shape index (κ1) is 13.0. The molecule has 1 heterocycles. The SMILES string of the molecule is CNCc1sc(-c2cccc(Cl)c2F)nc1C1CC1. The monoisotopic (exact) mass is 296 g/mol. The first-order valence-corrected chi connectivity index (χ1v) is 7.48. The Balaban J connectivity index is 2.05. The molecular weight excluding hydrogens is 283 g/mol. The van der Waals surface area contributed by atoms with Crippen LogP contribution in [0.4, 0.5) is 4.39 Å². The minimum absolute atomic E-state index is 0.149. The van der Waals surface area contributed by atoms with Crippen LogP contribution in [0.2, 0.25) is 5.02 Å².